The van der Waals surface area contributed by atoms with Gasteiger partial charge in [0.05, 0.1) is 24.6 Å². The Kier molecular flexibility index (Phi) is 8.52. The molecule has 6 rings (SSSR count). The molecule has 4 aromatic carbocycles. The van der Waals surface area contributed by atoms with Crippen molar-refractivity contribution in [2.45, 2.75) is 12.6 Å². The Morgan fingerprint density at radius 1 is 0.909 bits per heavy atom. The number of hydrogen-bond donors (Lipinski definition) is 2. The molecule has 0 aliphatic carbocycles. The number of hydrogen-bond acceptors (Lipinski definition) is 6. The Morgan fingerprint density at radius 3 is 2.43 bits per heavy atom. The molecule has 7 nitrogen and oxygen atoms in total. The molecule has 0 bridgehead atoms. The first-order valence-electron chi connectivity index (χ1n) is 14.1. The highest BCUT2D eigenvalue weighted by molar-refractivity contribution is 6.07. The highest BCUT2D eigenvalue weighted by Gasteiger charge is 2.24. The predicted molar refractivity (Wildman–Crippen MR) is 170 cm³/mol. The van der Waals surface area contributed by atoms with Crippen LogP contribution < -0.4 is 10.6 Å². The van der Waals surface area contributed by atoms with Crippen LogP contribution >= 0.6 is 0 Å². The fourth-order valence-electron chi connectivity index (χ4n) is 5.05. The second-order valence-corrected chi connectivity index (χ2v) is 10.1. The van der Waals surface area contributed by atoms with Gasteiger partial charge in [-0.2, -0.15) is 0 Å². The zero-order chi connectivity index (χ0) is 30.3. The fourth-order valence-corrected chi connectivity index (χ4v) is 5.05. The van der Waals surface area contributed by atoms with Gasteiger partial charge in [-0.1, -0.05) is 91.5 Å². The highest BCUT2D eigenvalue weighted by atomic mass is 19.1. The smallest absolute Gasteiger partial charge is 0.247 e. The molecule has 0 aliphatic heterocycles. The Labute approximate surface area is 254 Å². The van der Waals surface area contributed by atoms with E-state index in [-0.39, 0.29) is 31.0 Å². The number of rotatable bonds is 11. The zero-order valence-electron chi connectivity index (χ0n) is 23.7. The molecule has 0 saturated heterocycles. The zero-order valence-corrected chi connectivity index (χ0v) is 23.7. The summed E-state index contributed by atoms with van der Waals surface area (Å²) in [5, 5.41) is 7.09. The average molecular weight is 585 g/mol. The molecule has 1 amide bonds. The number of fused-ring (bicyclic) bond motifs is 1. The molecule has 0 aliphatic rings. The van der Waals surface area contributed by atoms with E-state index in [1.54, 1.807) is 6.07 Å². The fraction of sp³-hybridized carbons (Fsp3) is 0.0833. The van der Waals surface area contributed by atoms with Gasteiger partial charge in [-0.05, 0) is 47.0 Å². The second kappa shape index (κ2) is 13.1. The lowest BCUT2D eigenvalue weighted by Gasteiger charge is -2.21. The molecule has 0 fully saturated rings. The third-order valence-electron chi connectivity index (χ3n) is 7.08. The molecule has 0 saturated carbocycles. The van der Waals surface area contributed by atoms with E-state index in [1.807, 2.05) is 91.0 Å². The number of anilines is 2. The minimum absolute atomic E-state index is 0.250. The van der Waals surface area contributed by atoms with Crippen molar-refractivity contribution in [3.63, 3.8) is 0 Å². The summed E-state index contributed by atoms with van der Waals surface area (Å²) in [6.45, 7) is 4.09. The maximum Gasteiger partial charge on any atom is 0.247 e. The minimum Gasteiger partial charge on any atom is -0.437 e. The van der Waals surface area contributed by atoms with Crippen molar-refractivity contribution in [2.75, 3.05) is 17.2 Å². The Morgan fingerprint density at radius 2 is 1.66 bits per heavy atom. The van der Waals surface area contributed by atoms with Gasteiger partial charge in [-0.15, -0.1) is 0 Å². The topological polar surface area (TPSA) is 89.3 Å². The van der Waals surface area contributed by atoms with E-state index in [1.165, 1.54) is 24.5 Å². The van der Waals surface area contributed by atoms with E-state index in [0.29, 0.717) is 28.4 Å². The first kappa shape index (κ1) is 28.5. The minimum atomic E-state index is -0.308. The summed E-state index contributed by atoms with van der Waals surface area (Å²) < 4.78 is 26.2. The van der Waals surface area contributed by atoms with Crippen LogP contribution in [0, 0.1) is 5.82 Å². The largest absolute Gasteiger partial charge is 0.437 e. The maximum atomic E-state index is 13.7. The summed E-state index contributed by atoms with van der Waals surface area (Å²) in [5.41, 5.74) is 5.20. The quantitative estimate of drug-likeness (QED) is 0.149. The predicted octanol–water partition coefficient (Wildman–Crippen LogP) is 8.19. The third kappa shape index (κ3) is 6.40. The molecular weight excluding hydrogens is 555 g/mol. The number of benzene rings is 4. The number of ether oxygens (including phenoxy) is 1. The molecule has 0 unspecified atom stereocenters. The first-order valence-corrected chi connectivity index (χ1v) is 14.1. The lowest BCUT2D eigenvalue weighted by Crippen LogP contribution is -2.18. The van der Waals surface area contributed by atoms with Gasteiger partial charge in [0.1, 0.15) is 23.7 Å². The van der Waals surface area contributed by atoms with Gasteiger partial charge >= 0.3 is 0 Å². The van der Waals surface area contributed by atoms with Gasteiger partial charge < -0.3 is 19.8 Å². The van der Waals surface area contributed by atoms with E-state index in [0.717, 1.165) is 27.8 Å². The van der Waals surface area contributed by atoms with E-state index < -0.39 is 0 Å². The highest BCUT2D eigenvalue weighted by Crippen LogP contribution is 2.43. The molecule has 218 valence electrons. The Balaban J connectivity index is 1.42. The van der Waals surface area contributed by atoms with E-state index in [9.17, 15) is 9.18 Å². The molecule has 2 heterocycles. The molecule has 6 aromatic rings. The molecule has 1 atom stereocenters. The van der Waals surface area contributed by atoms with Crippen LogP contribution in [-0.2, 0) is 16.1 Å². The third-order valence-corrected chi connectivity index (χ3v) is 7.08. The Hall–Kier alpha value is -5.60. The number of carbonyl (C=O) groups is 1. The maximum absolute atomic E-state index is 13.7. The molecular formula is C36H29FN4O3. The van der Waals surface area contributed by atoms with Gasteiger partial charge in [0.15, 0.2) is 0 Å². The van der Waals surface area contributed by atoms with E-state index >= 15 is 0 Å². The van der Waals surface area contributed by atoms with Crippen molar-refractivity contribution < 1.29 is 18.3 Å². The average Bonchev–Trinajstić information content (AvgIpc) is 3.46. The van der Waals surface area contributed by atoms with Crippen LogP contribution in [0.1, 0.15) is 17.2 Å². The number of furan rings is 1. The van der Waals surface area contributed by atoms with Crippen molar-refractivity contribution in [1.82, 2.24) is 9.97 Å². The van der Waals surface area contributed by atoms with Gasteiger partial charge in [0.2, 0.25) is 11.6 Å². The summed E-state index contributed by atoms with van der Waals surface area (Å²) in [7, 11) is 0. The van der Waals surface area contributed by atoms with Gasteiger partial charge in [0.25, 0.3) is 0 Å². The van der Waals surface area contributed by atoms with Crippen LogP contribution in [0.2, 0.25) is 0 Å². The Bertz CT molecular complexity index is 1910. The van der Waals surface area contributed by atoms with Crippen molar-refractivity contribution in [2.24, 2.45) is 0 Å². The number of aromatic nitrogens is 2. The van der Waals surface area contributed by atoms with Crippen LogP contribution in [0.5, 0.6) is 0 Å². The molecule has 0 spiro atoms. The SMILES string of the molecule is C=CC(=O)Nc1cccc(-c2c(-c3ccccc3)oc3ncnc(N[C@H](COCc4cccc(F)c4)c4ccccc4)c23)c1. The van der Waals surface area contributed by atoms with Crippen LogP contribution in [0.25, 0.3) is 33.6 Å². The summed E-state index contributed by atoms with van der Waals surface area (Å²) >= 11 is 0. The van der Waals surface area contributed by atoms with Gasteiger partial charge in [0, 0.05) is 16.8 Å². The lowest BCUT2D eigenvalue weighted by molar-refractivity contribution is -0.111. The normalized spacial score (nSPS) is 11.7. The van der Waals surface area contributed by atoms with Crippen LogP contribution in [0.15, 0.2) is 133 Å². The summed E-state index contributed by atoms with van der Waals surface area (Å²) in [6.07, 6.45) is 2.69. The number of amides is 1. The van der Waals surface area contributed by atoms with Gasteiger partial charge in [-0.3, -0.25) is 4.79 Å². The van der Waals surface area contributed by atoms with Crippen molar-refractivity contribution in [3.8, 4) is 22.5 Å². The van der Waals surface area contributed by atoms with Crippen LogP contribution in [0.4, 0.5) is 15.9 Å². The summed E-state index contributed by atoms with van der Waals surface area (Å²) in [6, 6.07) is 33.3. The van der Waals surface area contributed by atoms with Gasteiger partial charge in [-0.25, -0.2) is 14.4 Å². The molecule has 44 heavy (non-hydrogen) atoms. The van der Waals surface area contributed by atoms with Crippen molar-refractivity contribution in [1.29, 1.82) is 0 Å². The summed E-state index contributed by atoms with van der Waals surface area (Å²) in [5.74, 6) is 0.564. The first-order chi connectivity index (χ1) is 21.6. The van der Waals surface area contributed by atoms with Crippen LogP contribution in [0.3, 0.4) is 0 Å². The molecule has 0 radical (unpaired) electrons. The number of halogens is 1. The molecule has 2 N–H and O–H groups in total. The molecule has 8 heteroatoms. The lowest BCUT2D eigenvalue weighted by atomic mass is 9.98. The van der Waals surface area contributed by atoms with E-state index in [2.05, 4.69) is 27.2 Å². The number of nitrogens with zero attached hydrogens (tertiary/aromatic N) is 2. The molecule has 2 aromatic heterocycles. The summed E-state index contributed by atoms with van der Waals surface area (Å²) in [4.78, 5) is 21.2. The number of carbonyl (C=O) groups excluding carboxylic acids is 1. The van der Waals surface area contributed by atoms with Crippen LogP contribution in [-0.4, -0.2) is 22.5 Å². The standard InChI is InChI=1S/C36H29FN4O3/c1-2-31(42)40-29-18-10-16-27(20-29)32-33-35(38-23-39-36(33)44-34(32)26-14-7-4-8-15-26)41-30(25-12-5-3-6-13-25)22-43-21-24-11-9-17-28(37)19-24/h2-20,23,30H,1,21-22H2,(H,40,42)(H,38,39,41)/t30-/m1/s1. The monoisotopic (exact) mass is 584 g/mol. The second-order valence-electron chi connectivity index (χ2n) is 10.1. The van der Waals surface area contributed by atoms with Crippen molar-refractivity contribution >= 4 is 28.5 Å². The van der Waals surface area contributed by atoms with E-state index in [4.69, 9.17) is 9.15 Å². The number of nitrogens with one attached hydrogen (secondary N) is 2. The van der Waals surface area contributed by atoms with Crippen molar-refractivity contribution in [3.05, 3.63) is 145 Å².